The molecule has 0 aliphatic carbocycles. The van der Waals surface area contributed by atoms with Crippen molar-refractivity contribution in [1.29, 1.82) is 0 Å². The lowest BCUT2D eigenvalue weighted by molar-refractivity contribution is 0.0991. The highest BCUT2D eigenvalue weighted by Crippen LogP contribution is 2.37. The highest BCUT2D eigenvalue weighted by molar-refractivity contribution is 7.19. The van der Waals surface area contributed by atoms with Gasteiger partial charge in [0.15, 0.2) is 5.78 Å². The Bertz CT molecular complexity index is 478. The lowest BCUT2D eigenvalue weighted by Crippen LogP contribution is -2.20. The molecule has 0 fully saturated rings. The molecule has 0 atom stereocenters. The van der Waals surface area contributed by atoms with Crippen molar-refractivity contribution in [3.8, 4) is 0 Å². The summed E-state index contributed by atoms with van der Waals surface area (Å²) < 4.78 is 0. The summed E-state index contributed by atoms with van der Waals surface area (Å²) in [7, 11) is 0. The summed E-state index contributed by atoms with van der Waals surface area (Å²) in [5.41, 5.74) is 11.7. The van der Waals surface area contributed by atoms with Gasteiger partial charge in [-0.1, -0.05) is 20.8 Å². The Morgan fingerprint density at radius 3 is 2.26 bits per heavy atom. The SMILES string of the molecule is CCC(=O)c1sc(NC(CC)CC)c(C(N)=O)c1N. The largest absolute Gasteiger partial charge is 0.397 e. The minimum atomic E-state index is -0.600. The fourth-order valence-electron chi connectivity index (χ4n) is 1.84. The lowest BCUT2D eigenvalue weighted by Gasteiger charge is -2.15. The minimum absolute atomic E-state index is 0.0670. The molecule has 1 amide bonds. The first-order valence-electron chi connectivity index (χ1n) is 6.47. The predicted molar refractivity (Wildman–Crippen MR) is 79.9 cm³/mol. The van der Waals surface area contributed by atoms with Crippen LogP contribution in [0.3, 0.4) is 0 Å². The van der Waals surface area contributed by atoms with Crippen molar-refractivity contribution in [3.05, 3.63) is 10.4 Å². The maximum Gasteiger partial charge on any atom is 0.253 e. The third kappa shape index (κ3) is 3.26. The minimum Gasteiger partial charge on any atom is -0.397 e. The average Bonchev–Trinajstić information content (AvgIpc) is 2.71. The van der Waals surface area contributed by atoms with Gasteiger partial charge in [-0.05, 0) is 12.8 Å². The number of nitrogen functional groups attached to an aromatic ring is 1. The van der Waals surface area contributed by atoms with Crippen molar-refractivity contribution in [1.82, 2.24) is 0 Å². The Morgan fingerprint density at radius 2 is 1.84 bits per heavy atom. The number of anilines is 2. The van der Waals surface area contributed by atoms with E-state index in [-0.39, 0.29) is 23.1 Å². The molecule has 0 radical (unpaired) electrons. The highest BCUT2D eigenvalue weighted by Gasteiger charge is 2.24. The second-order valence-corrected chi connectivity index (χ2v) is 5.37. The van der Waals surface area contributed by atoms with Gasteiger partial charge in [0, 0.05) is 12.5 Å². The molecule has 0 unspecified atom stereocenters. The highest BCUT2D eigenvalue weighted by atomic mass is 32.1. The molecule has 0 spiro atoms. The smallest absolute Gasteiger partial charge is 0.253 e. The van der Waals surface area contributed by atoms with Crippen LogP contribution in [-0.2, 0) is 0 Å². The number of ketones is 1. The van der Waals surface area contributed by atoms with E-state index in [1.54, 1.807) is 6.92 Å². The molecule has 19 heavy (non-hydrogen) atoms. The molecule has 0 saturated heterocycles. The number of carbonyl (C=O) groups excluding carboxylic acids is 2. The van der Waals surface area contributed by atoms with Crippen LogP contribution in [0.4, 0.5) is 10.7 Å². The standard InChI is InChI=1S/C13H21N3O2S/c1-4-7(5-2)16-13-9(12(15)18)10(14)11(19-13)8(17)6-3/h7,16H,4-6,14H2,1-3H3,(H2,15,18). The quantitative estimate of drug-likeness (QED) is 0.670. The van der Waals surface area contributed by atoms with Crippen molar-refractivity contribution >= 4 is 33.7 Å². The van der Waals surface area contributed by atoms with Crippen LogP contribution in [0.25, 0.3) is 0 Å². The Morgan fingerprint density at radius 1 is 1.26 bits per heavy atom. The van der Waals surface area contributed by atoms with Crippen LogP contribution in [0.1, 0.15) is 60.1 Å². The number of nitrogens with two attached hydrogens (primary N) is 2. The van der Waals surface area contributed by atoms with Crippen LogP contribution in [0, 0.1) is 0 Å². The van der Waals surface area contributed by atoms with Gasteiger partial charge >= 0.3 is 0 Å². The van der Waals surface area contributed by atoms with Gasteiger partial charge in [0.2, 0.25) is 0 Å². The zero-order chi connectivity index (χ0) is 14.6. The fourth-order valence-corrected chi connectivity index (χ4v) is 3.05. The summed E-state index contributed by atoms with van der Waals surface area (Å²) >= 11 is 1.22. The summed E-state index contributed by atoms with van der Waals surface area (Å²) in [6.07, 6.45) is 2.19. The molecule has 6 heteroatoms. The number of hydrogen-bond acceptors (Lipinski definition) is 5. The van der Waals surface area contributed by atoms with Crippen LogP contribution in [0.15, 0.2) is 0 Å². The number of Topliss-reactive ketones (excluding diaryl/α,β-unsaturated/α-hetero) is 1. The number of carbonyl (C=O) groups is 2. The zero-order valence-electron chi connectivity index (χ0n) is 11.6. The number of rotatable bonds is 7. The Balaban J connectivity index is 3.22. The number of nitrogens with one attached hydrogen (secondary N) is 1. The number of thiophene rings is 1. The predicted octanol–water partition coefficient (Wildman–Crippen LogP) is 2.62. The molecule has 0 aliphatic heterocycles. The summed E-state index contributed by atoms with van der Waals surface area (Å²) in [6.45, 7) is 5.87. The topological polar surface area (TPSA) is 98.2 Å². The van der Waals surface area contributed by atoms with Gasteiger partial charge < -0.3 is 16.8 Å². The van der Waals surface area contributed by atoms with Crippen LogP contribution in [-0.4, -0.2) is 17.7 Å². The maximum absolute atomic E-state index is 11.8. The van der Waals surface area contributed by atoms with E-state index in [1.165, 1.54) is 11.3 Å². The molecule has 0 saturated carbocycles. The third-order valence-corrected chi connectivity index (χ3v) is 4.26. The van der Waals surface area contributed by atoms with E-state index in [9.17, 15) is 9.59 Å². The van der Waals surface area contributed by atoms with E-state index in [2.05, 4.69) is 19.2 Å². The number of primary amides is 1. The van der Waals surface area contributed by atoms with E-state index in [0.29, 0.717) is 16.3 Å². The molecule has 5 nitrogen and oxygen atoms in total. The Hall–Kier alpha value is -1.56. The number of amides is 1. The first-order valence-corrected chi connectivity index (χ1v) is 7.29. The summed E-state index contributed by atoms with van der Waals surface area (Å²) in [4.78, 5) is 23.7. The molecule has 0 bridgehead atoms. The second kappa shape index (κ2) is 6.56. The molecular weight excluding hydrogens is 262 g/mol. The van der Waals surface area contributed by atoms with Crippen molar-refractivity contribution in [2.75, 3.05) is 11.1 Å². The van der Waals surface area contributed by atoms with E-state index in [0.717, 1.165) is 12.8 Å². The van der Waals surface area contributed by atoms with Gasteiger partial charge in [0.1, 0.15) is 5.00 Å². The Kier molecular flexibility index (Phi) is 5.35. The van der Waals surface area contributed by atoms with Gasteiger partial charge in [-0.2, -0.15) is 0 Å². The molecule has 1 rings (SSSR count). The molecular formula is C13H21N3O2S. The van der Waals surface area contributed by atoms with E-state index in [1.807, 2.05) is 0 Å². The Labute approximate surface area is 117 Å². The normalized spacial score (nSPS) is 10.7. The van der Waals surface area contributed by atoms with Gasteiger partial charge in [-0.25, -0.2) is 0 Å². The number of hydrogen-bond donors (Lipinski definition) is 3. The summed E-state index contributed by atoms with van der Waals surface area (Å²) in [6, 6.07) is 0.237. The zero-order valence-corrected chi connectivity index (χ0v) is 12.4. The first kappa shape index (κ1) is 15.5. The maximum atomic E-state index is 11.8. The van der Waals surface area contributed by atoms with Gasteiger partial charge in [-0.3, -0.25) is 9.59 Å². The average molecular weight is 283 g/mol. The van der Waals surface area contributed by atoms with Crippen LogP contribution < -0.4 is 16.8 Å². The molecule has 0 aromatic carbocycles. The van der Waals surface area contributed by atoms with Gasteiger partial charge in [0.05, 0.1) is 16.1 Å². The fraction of sp³-hybridized carbons (Fsp3) is 0.538. The van der Waals surface area contributed by atoms with Crippen LogP contribution >= 0.6 is 11.3 Å². The van der Waals surface area contributed by atoms with E-state index >= 15 is 0 Å². The lowest BCUT2D eigenvalue weighted by atomic mass is 10.1. The molecule has 0 aliphatic rings. The van der Waals surface area contributed by atoms with E-state index < -0.39 is 5.91 Å². The van der Waals surface area contributed by atoms with Crippen LogP contribution in [0.5, 0.6) is 0 Å². The second-order valence-electron chi connectivity index (χ2n) is 4.35. The monoisotopic (exact) mass is 283 g/mol. The first-order chi connectivity index (χ1) is 8.96. The summed E-state index contributed by atoms with van der Waals surface area (Å²) in [5.74, 6) is -0.667. The third-order valence-electron chi connectivity index (χ3n) is 3.09. The summed E-state index contributed by atoms with van der Waals surface area (Å²) in [5, 5.41) is 3.86. The molecule has 1 aromatic heterocycles. The van der Waals surface area contributed by atoms with Crippen molar-refractivity contribution in [2.24, 2.45) is 5.73 Å². The molecule has 1 aromatic rings. The van der Waals surface area contributed by atoms with Gasteiger partial charge in [0.25, 0.3) is 5.91 Å². The van der Waals surface area contributed by atoms with Crippen molar-refractivity contribution in [3.63, 3.8) is 0 Å². The van der Waals surface area contributed by atoms with Crippen LogP contribution in [0.2, 0.25) is 0 Å². The van der Waals surface area contributed by atoms with Gasteiger partial charge in [-0.15, -0.1) is 11.3 Å². The molecule has 106 valence electrons. The molecule has 1 heterocycles. The molecule has 5 N–H and O–H groups in total. The van der Waals surface area contributed by atoms with Crippen molar-refractivity contribution < 1.29 is 9.59 Å². The van der Waals surface area contributed by atoms with E-state index in [4.69, 9.17) is 11.5 Å². The van der Waals surface area contributed by atoms with Crippen molar-refractivity contribution in [2.45, 2.75) is 46.1 Å².